The van der Waals surface area contributed by atoms with Gasteiger partial charge < -0.3 is 10.4 Å². The van der Waals surface area contributed by atoms with Crippen LogP contribution in [0.2, 0.25) is 0 Å². The molecule has 0 saturated carbocycles. The number of rotatable bonds is 2. The molecule has 2 N–H and O–H groups in total. The highest BCUT2D eigenvalue weighted by Crippen LogP contribution is 2.36. The number of carbonyl (C=O) groups excluding carboxylic acids is 1. The summed E-state index contributed by atoms with van der Waals surface area (Å²) in [6.45, 7) is 3.55. The van der Waals surface area contributed by atoms with E-state index in [-0.39, 0.29) is 17.5 Å². The zero-order valence-electron chi connectivity index (χ0n) is 9.25. The maximum atomic E-state index is 13.7. The molecule has 1 aliphatic rings. The Kier molecular flexibility index (Phi) is 2.68. The number of carbonyl (C=O) groups is 1. The Balaban J connectivity index is 2.50. The first kappa shape index (κ1) is 11.1. The molecular weight excluding hydrogens is 209 g/mol. The lowest BCUT2D eigenvalue weighted by atomic mass is 9.97. The Hall–Kier alpha value is -1.42. The summed E-state index contributed by atoms with van der Waals surface area (Å²) in [6.07, 6.45) is -0.156. The topological polar surface area (TPSA) is 49.3 Å². The van der Waals surface area contributed by atoms with E-state index in [9.17, 15) is 14.3 Å². The van der Waals surface area contributed by atoms with Gasteiger partial charge in [-0.05, 0) is 30.5 Å². The van der Waals surface area contributed by atoms with Crippen molar-refractivity contribution in [2.24, 2.45) is 0 Å². The van der Waals surface area contributed by atoms with Gasteiger partial charge in [0.05, 0.1) is 17.7 Å². The fourth-order valence-corrected chi connectivity index (χ4v) is 1.92. The molecule has 4 heteroatoms. The number of nitrogens with one attached hydrogen (secondary N) is 1. The smallest absolute Gasteiger partial charge is 0.231 e. The second kappa shape index (κ2) is 3.87. The van der Waals surface area contributed by atoms with Crippen molar-refractivity contribution in [3.8, 4) is 0 Å². The largest absolute Gasteiger partial charge is 0.388 e. The SMILES string of the molecule is CCC(O)c1cc(F)c2c(c1)C(C)C(=O)N2. The summed E-state index contributed by atoms with van der Waals surface area (Å²) >= 11 is 0. The van der Waals surface area contributed by atoms with Crippen molar-refractivity contribution in [1.29, 1.82) is 0 Å². The zero-order valence-corrected chi connectivity index (χ0v) is 9.25. The standard InChI is InChI=1S/C12H14FNO2/c1-3-10(15)7-4-8-6(2)12(16)14-11(8)9(13)5-7/h4-6,10,15H,3H2,1-2H3,(H,14,16). The van der Waals surface area contributed by atoms with Crippen LogP contribution in [0, 0.1) is 5.82 Å². The Morgan fingerprint density at radius 3 is 2.88 bits per heavy atom. The number of aliphatic hydroxyl groups excluding tert-OH is 1. The van der Waals surface area contributed by atoms with Crippen molar-refractivity contribution >= 4 is 11.6 Å². The van der Waals surface area contributed by atoms with E-state index >= 15 is 0 Å². The Morgan fingerprint density at radius 1 is 1.56 bits per heavy atom. The van der Waals surface area contributed by atoms with Crippen LogP contribution in [0.1, 0.15) is 43.4 Å². The Labute approximate surface area is 93.3 Å². The fraction of sp³-hybridized carbons (Fsp3) is 0.417. The van der Waals surface area contributed by atoms with Crippen molar-refractivity contribution in [2.75, 3.05) is 5.32 Å². The van der Waals surface area contributed by atoms with Crippen LogP contribution in [0.4, 0.5) is 10.1 Å². The summed E-state index contributed by atoms with van der Waals surface area (Å²) < 4.78 is 13.7. The number of hydrogen-bond acceptors (Lipinski definition) is 2. The average Bonchev–Trinajstić information content (AvgIpc) is 2.56. The van der Waals surface area contributed by atoms with Gasteiger partial charge in [0.2, 0.25) is 5.91 Å². The van der Waals surface area contributed by atoms with Crippen molar-refractivity contribution in [2.45, 2.75) is 32.3 Å². The van der Waals surface area contributed by atoms with E-state index in [1.165, 1.54) is 6.07 Å². The van der Waals surface area contributed by atoms with E-state index in [0.29, 0.717) is 17.5 Å². The van der Waals surface area contributed by atoms with Gasteiger partial charge in [0.1, 0.15) is 5.82 Å². The van der Waals surface area contributed by atoms with Gasteiger partial charge >= 0.3 is 0 Å². The first-order chi connectivity index (χ1) is 7.54. The highest BCUT2D eigenvalue weighted by Gasteiger charge is 2.30. The van der Waals surface area contributed by atoms with E-state index in [4.69, 9.17) is 0 Å². The molecule has 2 unspecified atom stereocenters. The summed E-state index contributed by atoms with van der Waals surface area (Å²) in [5.41, 5.74) is 1.42. The third-order valence-electron chi connectivity index (χ3n) is 3.02. The first-order valence-electron chi connectivity index (χ1n) is 5.36. The summed E-state index contributed by atoms with van der Waals surface area (Å²) in [6, 6.07) is 2.99. The van der Waals surface area contributed by atoms with E-state index in [1.807, 2.05) is 6.92 Å². The number of amides is 1. The maximum absolute atomic E-state index is 13.7. The van der Waals surface area contributed by atoms with Gasteiger partial charge in [-0.25, -0.2) is 4.39 Å². The summed E-state index contributed by atoms with van der Waals surface area (Å²) in [7, 11) is 0. The summed E-state index contributed by atoms with van der Waals surface area (Å²) in [4.78, 5) is 11.4. The molecular formula is C12H14FNO2. The lowest BCUT2D eigenvalue weighted by Crippen LogP contribution is -2.08. The lowest BCUT2D eigenvalue weighted by Gasteiger charge is -2.11. The van der Waals surface area contributed by atoms with E-state index in [0.717, 1.165) is 0 Å². The molecule has 86 valence electrons. The van der Waals surface area contributed by atoms with Crippen molar-refractivity contribution in [3.63, 3.8) is 0 Å². The normalized spacial score (nSPS) is 20.5. The number of halogens is 1. The second-order valence-electron chi connectivity index (χ2n) is 4.10. The van der Waals surface area contributed by atoms with Gasteiger partial charge in [-0.1, -0.05) is 13.0 Å². The lowest BCUT2D eigenvalue weighted by molar-refractivity contribution is -0.116. The molecule has 1 aliphatic heterocycles. The van der Waals surface area contributed by atoms with Crippen LogP contribution in [0.25, 0.3) is 0 Å². The van der Waals surface area contributed by atoms with E-state index in [2.05, 4.69) is 5.32 Å². The molecule has 3 nitrogen and oxygen atoms in total. The van der Waals surface area contributed by atoms with Gasteiger partial charge in [0, 0.05) is 0 Å². The predicted molar refractivity (Wildman–Crippen MR) is 58.7 cm³/mol. The Morgan fingerprint density at radius 2 is 2.25 bits per heavy atom. The molecule has 0 aromatic heterocycles. The molecule has 1 heterocycles. The predicted octanol–water partition coefficient (Wildman–Crippen LogP) is 2.32. The van der Waals surface area contributed by atoms with E-state index < -0.39 is 11.9 Å². The molecule has 2 rings (SSSR count). The van der Waals surface area contributed by atoms with Gasteiger partial charge in [0.25, 0.3) is 0 Å². The van der Waals surface area contributed by atoms with Gasteiger partial charge in [-0.3, -0.25) is 4.79 Å². The molecule has 0 spiro atoms. The molecule has 0 fully saturated rings. The average molecular weight is 223 g/mol. The minimum Gasteiger partial charge on any atom is -0.388 e. The molecule has 0 saturated heterocycles. The number of fused-ring (bicyclic) bond motifs is 1. The first-order valence-corrected chi connectivity index (χ1v) is 5.36. The molecule has 2 atom stereocenters. The highest BCUT2D eigenvalue weighted by atomic mass is 19.1. The molecule has 1 amide bonds. The van der Waals surface area contributed by atoms with Crippen LogP contribution in [-0.2, 0) is 4.79 Å². The summed E-state index contributed by atoms with van der Waals surface area (Å²) in [5, 5.41) is 12.2. The second-order valence-corrected chi connectivity index (χ2v) is 4.10. The number of benzene rings is 1. The number of anilines is 1. The van der Waals surface area contributed by atoms with Gasteiger partial charge in [0.15, 0.2) is 0 Å². The van der Waals surface area contributed by atoms with E-state index in [1.54, 1.807) is 13.0 Å². The minimum atomic E-state index is -0.678. The quantitative estimate of drug-likeness (QED) is 0.808. The molecule has 1 aromatic carbocycles. The molecule has 16 heavy (non-hydrogen) atoms. The molecule has 0 aliphatic carbocycles. The third-order valence-corrected chi connectivity index (χ3v) is 3.02. The van der Waals surface area contributed by atoms with Crippen LogP contribution >= 0.6 is 0 Å². The fourth-order valence-electron chi connectivity index (χ4n) is 1.92. The maximum Gasteiger partial charge on any atom is 0.231 e. The van der Waals surface area contributed by atoms with Crippen LogP contribution in [0.15, 0.2) is 12.1 Å². The Bertz CT molecular complexity index is 445. The monoisotopic (exact) mass is 223 g/mol. The van der Waals surface area contributed by atoms with Crippen LogP contribution < -0.4 is 5.32 Å². The van der Waals surface area contributed by atoms with Crippen LogP contribution in [0.3, 0.4) is 0 Å². The van der Waals surface area contributed by atoms with Crippen LogP contribution in [-0.4, -0.2) is 11.0 Å². The number of hydrogen-bond donors (Lipinski definition) is 2. The minimum absolute atomic E-state index is 0.197. The zero-order chi connectivity index (χ0) is 11.9. The highest BCUT2D eigenvalue weighted by molar-refractivity contribution is 6.02. The van der Waals surface area contributed by atoms with Crippen molar-refractivity contribution < 1.29 is 14.3 Å². The molecule has 1 aromatic rings. The summed E-state index contributed by atoms with van der Waals surface area (Å²) in [5.74, 6) is -1.02. The molecule has 0 bridgehead atoms. The van der Waals surface area contributed by atoms with Crippen molar-refractivity contribution in [3.05, 3.63) is 29.1 Å². The van der Waals surface area contributed by atoms with Gasteiger partial charge in [-0.2, -0.15) is 0 Å². The molecule has 0 radical (unpaired) electrons. The van der Waals surface area contributed by atoms with Gasteiger partial charge in [-0.15, -0.1) is 0 Å². The third kappa shape index (κ3) is 1.59. The van der Waals surface area contributed by atoms with Crippen LogP contribution in [0.5, 0.6) is 0 Å². The number of aliphatic hydroxyl groups is 1. The van der Waals surface area contributed by atoms with Crippen molar-refractivity contribution in [1.82, 2.24) is 0 Å².